The van der Waals surface area contributed by atoms with Crippen molar-refractivity contribution in [3.05, 3.63) is 42.2 Å². The highest BCUT2D eigenvalue weighted by molar-refractivity contribution is 5.84. The van der Waals surface area contributed by atoms with Gasteiger partial charge in [-0.2, -0.15) is 0 Å². The number of hydrogen-bond donors (Lipinski definition) is 1. The Hall–Kier alpha value is -2.50. The molecule has 10 atom stereocenters. The number of aromatic nitrogens is 1. The van der Waals surface area contributed by atoms with Crippen molar-refractivity contribution in [1.82, 2.24) is 10.3 Å². The lowest BCUT2D eigenvalue weighted by Gasteiger charge is -2.69. The minimum atomic E-state index is -0.690. The summed E-state index contributed by atoms with van der Waals surface area (Å²) in [5.74, 6) is 2.98. The first-order valence-corrected chi connectivity index (χ1v) is 19.4. The van der Waals surface area contributed by atoms with Gasteiger partial charge in [-0.05, 0) is 138 Å². The van der Waals surface area contributed by atoms with Crippen molar-refractivity contribution in [1.29, 1.82) is 0 Å². The van der Waals surface area contributed by atoms with E-state index in [1.54, 1.807) is 13.8 Å². The van der Waals surface area contributed by atoms with E-state index in [4.69, 9.17) is 4.74 Å². The highest BCUT2D eigenvalue weighted by Gasteiger charge is 2.67. The van der Waals surface area contributed by atoms with E-state index < -0.39 is 5.41 Å². The second-order valence-corrected chi connectivity index (χ2v) is 19.0. The molecular formula is C43H66N2O4. The molecule has 1 amide bonds. The fraction of sp³-hybridized carbons (Fsp3) is 0.767. The fourth-order valence-corrected chi connectivity index (χ4v) is 12.5. The van der Waals surface area contributed by atoms with E-state index in [2.05, 4.69) is 51.5 Å². The van der Waals surface area contributed by atoms with Crippen LogP contribution >= 0.6 is 0 Å². The molecule has 6 rings (SSSR count). The third kappa shape index (κ3) is 6.93. The van der Waals surface area contributed by atoms with E-state index in [1.165, 1.54) is 37.7 Å². The number of esters is 1. The maximum absolute atomic E-state index is 14.1. The molecule has 5 saturated carbocycles. The van der Waals surface area contributed by atoms with Crippen molar-refractivity contribution in [3.63, 3.8) is 0 Å². The summed E-state index contributed by atoms with van der Waals surface area (Å²) in [6.45, 7) is 23.1. The highest BCUT2D eigenvalue weighted by atomic mass is 16.5. The third-order valence-corrected chi connectivity index (χ3v) is 14.6. The molecule has 1 heterocycles. The van der Waals surface area contributed by atoms with Gasteiger partial charge in [-0.25, -0.2) is 0 Å². The highest BCUT2D eigenvalue weighted by Crippen LogP contribution is 2.73. The molecule has 1 N–H and O–H groups in total. The van der Waals surface area contributed by atoms with Crippen molar-refractivity contribution in [2.75, 3.05) is 0 Å². The van der Waals surface area contributed by atoms with Gasteiger partial charge < -0.3 is 14.8 Å². The SMILES string of the molecule is C=C(C)C.CC(NC(=O)[C@]12CCCC1C1CCC3[C@@](C)(CCC4C(C)(C)[C@@H](OC(=O)CC(C)(C)C=O)CC[C@@]43C)C1CC2)c1ccccn1. The van der Waals surface area contributed by atoms with Gasteiger partial charge in [0.2, 0.25) is 5.91 Å². The van der Waals surface area contributed by atoms with Crippen molar-refractivity contribution in [3.8, 4) is 0 Å². The Balaban J connectivity index is 0.00000111. The molecular weight excluding hydrogens is 608 g/mol. The molecule has 0 saturated heterocycles. The largest absolute Gasteiger partial charge is 0.462 e. The van der Waals surface area contributed by atoms with Crippen LogP contribution in [-0.2, 0) is 19.1 Å². The van der Waals surface area contributed by atoms with Crippen LogP contribution in [0.15, 0.2) is 36.5 Å². The number of carbonyl (C=O) groups is 3. The van der Waals surface area contributed by atoms with Gasteiger partial charge in [-0.1, -0.05) is 59.6 Å². The Morgan fingerprint density at radius 1 is 0.959 bits per heavy atom. The van der Waals surface area contributed by atoms with Crippen molar-refractivity contribution in [2.45, 2.75) is 152 Å². The summed E-state index contributed by atoms with van der Waals surface area (Å²) in [6.07, 6.45) is 15.1. The van der Waals surface area contributed by atoms with Gasteiger partial charge in [0.25, 0.3) is 0 Å². The molecule has 5 fully saturated rings. The summed E-state index contributed by atoms with van der Waals surface area (Å²) >= 11 is 0. The number of carbonyl (C=O) groups excluding carboxylic acids is 3. The Morgan fingerprint density at radius 3 is 2.31 bits per heavy atom. The topological polar surface area (TPSA) is 85.4 Å². The smallest absolute Gasteiger partial charge is 0.307 e. The summed E-state index contributed by atoms with van der Waals surface area (Å²) in [6, 6.07) is 5.86. The molecule has 0 aliphatic heterocycles. The molecule has 1 aromatic heterocycles. The number of nitrogens with zero attached hydrogens (tertiary/aromatic N) is 1. The lowest BCUT2D eigenvalue weighted by atomic mass is 9.36. The molecule has 0 bridgehead atoms. The minimum absolute atomic E-state index is 0.0789. The van der Waals surface area contributed by atoms with E-state index in [0.29, 0.717) is 29.6 Å². The van der Waals surface area contributed by atoms with Crippen molar-refractivity contribution < 1.29 is 19.1 Å². The number of amides is 1. The van der Waals surface area contributed by atoms with Crippen LogP contribution in [0, 0.1) is 56.7 Å². The van der Waals surface area contributed by atoms with Crippen molar-refractivity contribution in [2.24, 2.45) is 56.7 Å². The van der Waals surface area contributed by atoms with Gasteiger partial charge >= 0.3 is 5.97 Å². The Kier molecular flexibility index (Phi) is 10.7. The Bertz CT molecular complexity index is 1380. The Morgan fingerprint density at radius 2 is 1.65 bits per heavy atom. The second-order valence-electron chi connectivity index (χ2n) is 19.0. The molecule has 0 aromatic carbocycles. The van der Waals surface area contributed by atoms with Crippen LogP contribution in [0.25, 0.3) is 0 Å². The van der Waals surface area contributed by atoms with E-state index >= 15 is 0 Å². The number of ether oxygens (including phenoxy) is 1. The summed E-state index contributed by atoms with van der Waals surface area (Å²) in [4.78, 5) is 43.0. The maximum Gasteiger partial charge on any atom is 0.307 e. The van der Waals surface area contributed by atoms with Crippen molar-refractivity contribution >= 4 is 18.2 Å². The third-order valence-electron chi connectivity index (χ3n) is 14.6. The van der Waals surface area contributed by atoms with Crippen LogP contribution in [0.5, 0.6) is 0 Å². The fourth-order valence-electron chi connectivity index (χ4n) is 12.5. The second kappa shape index (κ2) is 13.9. The zero-order valence-electron chi connectivity index (χ0n) is 32.2. The molecule has 6 heteroatoms. The van der Waals surface area contributed by atoms with Gasteiger partial charge in [-0.3, -0.25) is 14.6 Å². The monoisotopic (exact) mass is 675 g/mol. The number of pyridine rings is 1. The Labute approximate surface area is 297 Å². The van der Waals surface area contributed by atoms with E-state index in [0.717, 1.165) is 50.5 Å². The number of rotatable bonds is 7. The molecule has 0 radical (unpaired) electrons. The van der Waals surface area contributed by atoms with Crippen LogP contribution in [0.4, 0.5) is 0 Å². The minimum Gasteiger partial charge on any atom is -0.462 e. The van der Waals surface area contributed by atoms with Gasteiger partial charge in [0.05, 0.1) is 23.6 Å². The molecule has 5 aliphatic rings. The average Bonchev–Trinajstić information content (AvgIpc) is 3.48. The molecule has 5 aliphatic carbocycles. The first-order chi connectivity index (χ1) is 22.9. The lowest BCUT2D eigenvalue weighted by molar-refractivity contribution is -0.221. The number of nitrogens with one attached hydrogen (secondary N) is 1. The van der Waals surface area contributed by atoms with Gasteiger partial charge in [0, 0.05) is 17.0 Å². The molecule has 6 nitrogen and oxygen atoms in total. The predicted molar refractivity (Wildman–Crippen MR) is 196 cm³/mol. The average molecular weight is 675 g/mol. The van der Waals surface area contributed by atoms with Crippen LogP contribution < -0.4 is 5.32 Å². The number of aldehydes is 1. The summed E-state index contributed by atoms with van der Waals surface area (Å²) in [5, 5.41) is 3.42. The molecule has 272 valence electrons. The van der Waals surface area contributed by atoms with E-state index in [-0.39, 0.29) is 52.1 Å². The number of hydrogen-bond acceptors (Lipinski definition) is 5. The van der Waals surface area contributed by atoms with Crippen LogP contribution in [0.2, 0.25) is 0 Å². The zero-order valence-corrected chi connectivity index (χ0v) is 32.2. The number of allylic oxidation sites excluding steroid dienone is 1. The summed E-state index contributed by atoms with van der Waals surface area (Å²) in [5.41, 5.74) is 1.57. The van der Waals surface area contributed by atoms with Crippen LogP contribution in [0.1, 0.15) is 151 Å². The standard InChI is InChI=1S/C39H58N2O4.C4H8/c1-25(29-12-8-9-22-40-29)41-34(44)39-18-10-11-28(39)26-13-14-31-37(6,27(26)15-21-39)19-16-30-36(4,5)32(17-20-38(30,31)7)45-33(43)23-35(2,3)24-42;1-4(2)3/h8-9,12,22,24-28,30-32H,10-11,13-21,23H2,1-7H3,(H,41,44);1H2,2-3H3/t25?,26?,27?,28?,30?,31?,32-,37-,38-,39-;/m0./s1. The van der Waals surface area contributed by atoms with Gasteiger partial charge in [0.15, 0.2) is 0 Å². The first-order valence-electron chi connectivity index (χ1n) is 19.4. The summed E-state index contributed by atoms with van der Waals surface area (Å²) in [7, 11) is 0. The molecule has 1 aromatic rings. The molecule has 6 unspecified atom stereocenters. The summed E-state index contributed by atoms with van der Waals surface area (Å²) < 4.78 is 6.18. The normalized spacial score (nSPS) is 38.1. The quantitative estimate of drug-likeness (QED) is 0.177. The first kappa shape index (κ1) is 37.7. The zero-order chi connectivity index (χ0) is 36.0. The number of fused-ring (bicyclic) bond motifs is 7. The van der Waals surface area contributed by atoms with Gasteiger partial charge in [0.1, 0.15) is 12.4 Å². The lowest BCUT2D eigenvalue weighted by Crippen LogP contribution is -2.64. The molecule has 0 spiro atoms. The maximum atomic E-state index is 14.1. The molecule has 49 heavy (non-hydrogen) atoms. The van der Waals surface area contributed by atoms with E-state index in [9.17, 15) is 14.4 Å². The van der Waals surface area contributed by atoms with Crippen LogP contribution in [-0.4, -0.2) is 29.3 Å². The van der Waals surface area contributed by atoms with Crippen LogP contribution in [0.3, 0.4) is 0 Å². The van der Waals surface area contributed by atoms with Gasteiger partial charge in [-0.15, -0.1) is 6.58 Å². The predicted octanol–water partition coefficient (Wildman–Crippen LogP) is 9.83. The van der Waals surface area contributed by atoms with E-state index in [1.807, 2.05) is 38.2 Å².